The van der Waals surface area contributed by atoms with Gasteiger partial charge in [-0.2, -0.15) is 0 Å². The highest BCUT2D eigenvalue weighted by Crippen LogP contribution is 2.61. The number of hydrogen-bond donors (Lipinski definition) is 0. The lowest BCUT2D eigenvalue weighted by atomic mass is 9.82. The molecule has 1 saturated carbocycles. The lowest BCUT2D eigenvalue weighted by molar-refractivity contribution is 0.461. The summed E-state index contributed by atoms with van der Waals surface area (Å²) in [6, 6.07) is 16.0. The third kappa shape index (κ3) is 4.62. The smallest absolute Gasteiger partial charge is 0.113 e. The number of thiophene rings is 1. The van der Waals surface area contributed by atoms with Gasteiger partial charge in [-0.3, -0.25) is 4.98 Å². The average molecular weight is 556 g/mol. The SMILES string of the molecule is Cc1c([Si](C2CCCCC2)(C(C)(C)C)C(C)(C)C)sc2c(-c3cc(C(C)(C)C)c4ccccc4c3)nccc12. The van der Waals surface area contributed by atoms with Crippen molar-refractivity contribution in [2.45, 2.75) is 122 Å². The van der Waals surface area contributed by atoms with Crippen LogP contribution in [0.25, 0.3) is 32.1 Å². The van der Waals surface area contributed by atoms with E-state index < -0.39 is 8.07 Å². The van der Waals surface area contributed by atoms with Gasteiger partial charge in [-0.05, 0) is 77.9 Å². The highest BCUT2D eigenvalue weighted by atomic mass is 32.1. The minimum Gasteiger partial charge on any atom is -0.255 e. The van der Waals surface area contributed by atoms with E-state index in [9.17, 15) is 0 Å². The summed E-state index contributed by atoms with van der Waals surface area (Å²) >= 11 is 2.12. The highest BCUT2D eigenvalue weighted by Gasteiger charge is 2.59. The summed E-state index contributed by atoms with van der Waals surface area (Å²) in [5, 5.41) is 4.63. The molecule has 3 heteroatoms. The van der Waals surface area contributed by atoms with Crippen molar-refractivity contribution in [1.29, 1.82) is 0 Å². The molecular formula is C36H49NSSi. The maximum atomic E-state index is 5.11. The number of aromatic nitrogens is 1. The van der Waals surface area contributed by atoms with Crippen molar-refractivity contribution in [3.8, 4) is 11.3 Å². The van der Waals surface area contributed by atoms with Crippen LogP contribution in [0.5, 0.6) is 0 Å². The summed E-state index contributed by atoms with van der Waals surface area (Å²) in [7, 11) is -2.02. The van der Waals surface area contributed by atoms with E-state index >= 15 is 0 Å². The van der Waals surface area contributed by atoms with Gasteiger partial charge in [-0.25, -0.2) is 0 Å². The first kappa shape index (κ1) is 28.6. The largest absolute Gasteiger partial charge is 0.255 e. The number of aryl methyl sites for hydroxylation is 1. The molecule has 208 valence electrons. The number of nitrogens with zero attached hydrogens (tertiary/aromatic N) is 1. The third-order valence-electron chi connectivity index (χ3n) is 9.74. The summed E-state index contributed by atoms with van der Waals surface area (Å²) in [6.07, 6.45) is 9.07. The molecule has 1 aliphatic carbocycles. The predicted octanol–water partition coefficient (Wildman–Crippen LogP) is 11.3. The van der Waals surface area contributed by atoms with Crippen LogP contribution in [0.4, 0.5) is 0 Å². The number of pyridine rings is 1. The fourth-order valence-electron chi connectivity index (χ4n) is 8.55. The normalized spacial score (nSPS) is 16.4. The topological polar surface area (TPSA) is 12.9 Å². The van der Waals surface area contributed by atoms with Crippen molar-refractivity contribution < 1.29 is 0 Å². The minimum absolute atomic E-state index is 0.0571. The Morgan fingerprint density at radius 1 is 0.795 bits per heavy atom. The summed E-state index contributed by atoms with van der Waals surface area (Å²) in [5.74, 6) is 0. The lowest BCUT2D eigenvalue weighted by Gasteiger charge is -2.57. The Balaban J connectivity index is 1.82. The summed E-state index contributed by atoms with van der Waals surface area (Å²) in [4.78, 5) is 5.11. The zero-order valence-electron chi connectivity index (χ0n) is 26.1. The van der Waals surface area contributed by atoms with Gasteiger partial charge in [0.25, 0.3) is 0 Å². The van der Waals surface area contributed by atoms with E-state index in [-0.39, 0.29) is 15.5 Å². The molecule has 1 nitrogen and oxygen atoms in total. The van der Waals surface area contributed by atoms with E-state index in [2.05, 4.69) is 129 Å². The molecule has 1 fully saturated rings. The van der Waals surface area contributed by atoms with Crippen LogP contribution in [-0.4, -0.2) is 13.1 Å². The lowest BCUT2D eigenvalue weighted by Crippen LogP contribution is -2.64. The molecule has 2 aromatic heterocycles. The molecular weight excluding hydrogens is 507 g/mol. The van der Waals surface area contributed by atoms with Gasteiger partial charge in [0, 0.05) is 11.8 Å². The Hall–Kier alpha value is -1.97. The van der Waals surface area contributed by atoms with Gasteiger partial charge in [0.05, 0.1) is 10.4 Å². The van der Waals surface area contributed by atoms with E-state index in [1.54, 1.807) is 4.50 Å². The van der Waals surface area contributed by atoms with Crippen LogP contribution >= 0.6 is 11.3 Å². The van der Waals surface area contributed by atoms with Crippen LogP contribution in [0, 0.1) is 6.92 Å². The molecule has 0 radical (unpaired) electrons. The summed E-state index contributed by atoms with van der Waals surface area (Å²) in [6.45, 7) is 24.8. The third-order valence-corrected chi connectivity index (χ3v) is 19.8. The zero-order valence-corrected chi connectivity index (χ0v) is 27.9. The fraction of sp³-hybridized carbons (Fsp3) is 0.528. The highest BCUT2D eigenvalue weighted by molar-refractivity contribution is 7.33. The van der Waals surface area contributed by atoms with Gasteiger partial charge in [-0.1, -0.05) is 119 Å². The average Bonchev–Trinajstić information content (AvgIpc) is 3.18. The Morgan fingerprint density at radius 3 is 2.05 bits per heavy atom. The Morgan fingerprint density at radius 2 is 1.44 bits per heavy atom. The summed E-state index contributed by atoms with van der Waals surface area (Å²) < 4.78 is 3.14. The van der Waals surface area contributed by atoms with Crippen molar-refractivity contribution >= 4 is 44.8 Å². The Bertz CT molecular complexity index is 1490. The zero-order chi connectivity index (χ0) is 28.4. The van der Waals surface area contributed by atoms with E-state index in [1.165, 1.54) is 69.7 Å². The molecule has 0 amide bonds. The molecule has 2 heterocycles. The second-order valence-corrected chi connectivity index (χ2v) is 22.5. The Kier molecular flexibility index (Phi) is 7.20. The number of rotatable bonds is 3. The minimum atomic E-state index is -2.02. The monoisotopic (exact) mass is 555 g/mol. The molecule has 0 bridgehead atoms. The van der Waals surface area contributed by atoms with E-state index in [4.69, 9.17) is 4.98 Å². The van der Waals surface area contributed by atoms with Crippen LogP contribution in [-0.2, 0) is 5.41 Å². The maximum absolute atomic E-state index is 5.11. The van der Waals surface area contributed by atoms with Crippen molar-refractivity contribution in [2.24, 2.45) is 0 Å². The van der Waals surface area contributed by atoms with Gasteiger partial charge < -0.3 is 0 Å². The molecule has 0 unspecified atom stereocenters. The molecule has 1 aliphatic rings. The molecule has 2 aromatic carbocycles. The van der Waals surface area contributed by atoms with Crippen molar-refractivity contribution in [3.05, 3.63) is 59.8 Å². The molecule has 0 N–H and O–H groups in total. The quantitative estimate of drug-likeness (QED) is 0.229. The first-order valence-electron chi connectivity index (χ1n) is 15.1. The molecule has 39 heavy (non-hydrogen) atoms. The fourth-order valence-corrected chi connectivity index (χ4v) is 21.3. The first-order chi connectivity index (χ1) is 18.2. The first-order valence-corrected chi connectivity index (χ1v) is 18.0. The number of benzene rings is 2. The van der Waals surface area contributed by atoms with Crippen LogP contribution in [0.3, 0.4) is 0 Å². The molecule has 5 rings (SSSR count). The second-order valence-electron chi connectivity index (χ2n) is 15.2. The van der Waals surface area contributed by atoms with Gasteiger partial charge in [-0.15, -0.1) is 11.3 Å². The van der Waals surface area contributed by atoms with Crippen LogP contribution < -0.4 is 4.50 Å². The van der Waals surface area contributed by atoms with Gasteiger partial charge in [0.1, 0.15) is 8.07 Å². The predicted molar refractivity (Wildman–Crippen MR) is 178 cm³/mol. The molecule has 0 atom stereocenters. The van der Waals surface area contributed by atoms with E-state index in [0.717, 1.165) is 11.2 Å². The van der Waals surface area contributed by atoms with E-state index in [1.807, 2.05) is 0 Å². The van der Waals surface area contributed by atoms with Crippen LogP contribution in [0.2, 0.25) is 15.6 Å². The van der Waals surface area contributed by atoms with Crippen molar-refractivity contribution in [2.75, 3.05) is 0 Å². The van der Waals surface area contributed by atoms with Gasteiger partial charge in [0.15, 0.2) is 0 Å². The number of fused-ring (bicyclic) bond motifs is 2. The Labute approximate surface area is 242 Å². The standard InChI is InChI=1S/C36H49NSSi/c1-24-28-20-21-37-31(26-22-25-16-14-15-19-29(25)30(23-26)34(2,3)4)32(28)38-33(24)39(35(5,6)7,36(8,9)10)27-17-12-11-13-18-27/h14-16,19-23,27H,11-13,17-18H2,1-10H3. The molecule has 0 aliphatic heterocycles. The molecule has 0 spiro atoms. The van der Waals surface area contributed by atoms with Gasteiger partial charge >= 0.3 is 0 Å². The van der Waals surface area contributed by atoms with E-state index in [0.29, 0.717) is 0 Å². The molecule has 0 saturated heterocycles. The van der Waals surface area contributed by atoms with Crippen molar-refractivity contribution in [1.82, 2.24) is 4.98 Å². The van der Waals surface area contributed by atoms with Crippen LogP contribution in [0.15, 0.2) is 48.7 Å². The molecule has 4 aromatic rings. The summed E-state index contributed by atoms with van der Waals surface area (Å²) in [5.41, 5.74) is 6.26. The second kappa shape index (κ2) is 9.84. The maximum Gasteiger partial charge on any atom is 0.113 e. The number of hydrogen-bond acceptors (Lipinski definition) is 2. The van der Waals surface area contributed by atoms with Crippen LogP contribution in [0.1, 0.15) is 106 Å². The van der Waals surface area contributed by atoms with Crippen molar-refractivity contribution in [3.63, 3.8) is 0 Å². The van der Waals surface area contributed by atoms with Gasteiger partial charge in [0.2, 0.25) is 0 Å².